The minimum Gasteiger partial charge on any atom is -0.367 e. The van der Waals surface area contributed by atoms with Crippen molar-refractivity contribution in [2.45, 2.75) is 6.10 Å². The van der Waals surface area contributed by atoms with Crippen LogP contribution in [0.15, 0.2) is 0 Å². The molecule has 1 heterocycles. The lowest BCUT2D eigenvalue weighted by molar-refractivity contribution is -0.870. The molecule has 1 unspecified atom stereocenters. The number of rotatable bonds is 2. The lowest BCUT2D eigenvalue weighted by atomic mass is 10.4. The molecule has 1 aliphatic heterocycles. The Morgan fingerprint density at radius 2 is 1.83 bits per heavy atom. The fraction of sp³-hybridized carbons (Fsp3) is 1.00. The van der Waals surface area contributed by atoms with Crippen LogP contribution in [0, 0.1) is 15.3 Å². The van der Waals surface area contributed by atoms with Crippen LogP contribution in [0.4, 0.5) is 0 Å². The van der Waals surface area contributed by atoms with E-state index in [1.807, 2.05) is 0 Å². The highest BCUT2D eigenvalue weighted by Gasteiger charge is 2.28. The second-order valence-corrected chi connectivity index (χ2v) is 3.65. The lowest BCUT2D eigenvalue weighted by Gasteiger charge is -2.22. The third-order valence-electron chi connectivity index (χ3n) is 1.15. The van der Waals surface area contributed by atoms with Gasteiger partial charge in [-0.2, -0.15) is 0 Å². The Hall–Kier alpha value is -0.880. The highest BCUT2D eigenvalue weighted by molar-refractivity contribution is 4.66. The van der Waals surface area contributed by atoms with Gasteiger partial charge in [0.25, 0.3) is 0 Å². The van der Waals surface area contributed by atoms with E-state index in [0.717, 1.165) is 17.6 Å². The molecule has 1 aliphatic rings. The molecule has 1 rings (SSSR count). The Kier molecular flexibility index (Phi) is 3.91. The van der Waals surface area contributed by atoms with Crippen LogP contribution in [0.5, 0.6) is 0 Å². The van der Waals surface area contributed by atoms with Gasteiger partial charge in [0, 0.05) is 0 Å². The van der Waals surface area contributed by atoms with E-state index in [0.29, 0.717) is 6.10 Å². The molecule has 6 heteroatoms. The number of epoxide rings is 1. The van der Waals surface area contributed by atoms with Crippen LogP contribution in [0.1, 0.15) is 0 Å². The third kappa shape index (κ3) is 11.9. The van der Waals surface area contributed by atoms with E-state index < -0.39 is 5.09 Å². The normalized spacial score (nSPS) is 20.8. The summed E-state index contributed by atoms with van der Waals surface area (Å²) in [4.78, 5) is 8.25. The summed E-state index contributed by atoms with van der Waals surface area (Å²) in [5.74, 6) is 0. The zero-order chi connectivity index (χ0) is 9.78. The molecule has 0 aromatic rings. The van der Waals surface area contributed by atoms with Crippen LogP contribution in [0.3, 0.4) is 0 Å². The van der Waals surface area contributed by atoms with Crippen molar-refractivity contribution in [3.8, 4) is 0 Å². The van der Waals surface area contributed by atoms with Gasteiger partial charge in [-0.3, -0.25) is 0 Å². The first-order chi connectivity index (χ1) is 5.31. The van der Waals surface area contributed by atoms with Crippen LogP contribution in [-0.4, -0.2) is 50.0 Å². The van der Waals surface area contributed by atoms with Crippen LogP contribution in [-0.2, 0) is 4.74 Å². The molecule has 72 valence electrons. The molecule has 0 radical (unpaired) electrons. The van der Waals surface area contributed by atoms with Gasteiger partial charge in [0.15, 0.2) is 0 Å². The predicted octanol–water partition coefficient (Wildman–Crippen LogP) is -0.148. The van der Waals surface area contributed by atoms with Gasteiger partial charge in [0.05, 0.1) is 32.8 Å². The standard InChI is InChI=1S/C6H14NO.NO3/c1-7(2,3)4-6-5-8-6;2-1(3)4/h6H,4-5H2,1-3H3;/q+1;-1. The summed E-state index contributed by atoms with van der Waals surface area (Å²) in [6.07, 6.45) is 0.565. The summed E-state index contributed by atoms with van der Waals surface area (Å²) in [6, 6.07) is 0. The molecule has 0 aromatic heterocycles. The zero-order valence-electron chi connectivity index (χ0n) is 7.52. The van der Waals surface area contributed by atoms with Crippen molar-refractivity contribution in [1.29, 1.82) is 0 Å². The number of hydrogen-bond acceptors (Lipinski definition) is 4. The van der Waals surface area contributed by atoms with Crippen molar-refractivity contribution in [2.75, 3.05) is 34.3 Å². The van der Waals surface area contributed by atoms with E-state index in [1.165, 1.54) is 0 Å². The van der Waals surface area contributed by atoms with Crippen molar-refractivity contribution >= 4 is 0 Å². The third-order valence-corrected chi connectivity index (χ3v) is 1.15. The smallest absolute Gasteiger partial charge is 0.130 e. The minimum atomic E-state index is -1.75. The number of hydrogen-bond donors (Lipinski definition) is 0. The molecule has 0 saturated carbocycles. The van der Waals surface area contributed by atoms with Crippen LogP contribution in [0.2, 0.25) is 0 Å². The Morgan fingerprint density at radius 3 is 1.92 bits per heavy atom. The van der Waals surface area contributed by atoms with Gasteiger partial charge in [-0.05, 0) is 0 Å². The molecular weight excluding hydrogens is 164 g/mol. The summed E-state index contributed by atoms with van der Waals surface area (Å²) in [5.41, 5.74) is 0. The summed E-state index contributed by atoms with van der Waals surface area (Å²) in [7, 11) is 6.55. The molecule has 0 N–H and O–H groups in total. The number of ether oxygens (including phenoxy) is 1. The fourth-order valence-electron chi connectivity index (χ4n) is 0.784. The van der Waals surface area contributed by atoms with E-state index in [2.05, 4.69) is 21.1 Å². The highest BCUT2D eigenvalue weighted by Crippen LogP contribution is 2.11. The maximum absolute atomic E-state index is 8.25. The number of likely N-dealkylation sites (N-methyl/N-ethyl adjacent to an activating group) is 1. The highest BCUT2D eigenvalue weighted by atomic mass is 16.9. The van der Waals surface area contributed by atoms with E-state index >= 15 is 0 Å². The summed E-state index contributed by atoms with van der Waals surface area (Å²) >= 11 is 0. The topological polar surface area (TPSA) is 78.7 Å². The molecule has 1 saturated heterocycles. The van der Waals surface area contributed by atoms with Gasteiger partial charge in [0.2, 0.25) is 0 Å². The number of quaternary nitrogens is 1. The second-order valence-electron chi connectivity index (χ2n) is 3.65. The Labute approximate surface area is 71.0 Å². The Balaban J connectivity index is 0.000000261. The summed E-state index contributed by atoms with van der Waals surface area (Å²) in [6.45, 7) is 2.13. The predicted molar refractivity (Wildman–Crippen MR) is 43.0 cm³/mol. The van der Waals surface area contributed by atoms with Crippen molar-refractivity contribution in [1.82, 2.24) is 0 Å². The van der Waals surface area contributed by atoms with Crippen LogP contribution in [0.25, 0.3) is 0 Å². The van der Waals surface area contributed by atoms with E-state index in [1.54, 1.807) is 0 Å². The summed E-state index contributed by atoms with van der Waals surface area (Å²) < 4.78 is 6.09. The lowest BCUT2D eigenvalue weighted by Crippen LogP contribution is -2.37. The van der Waals surface area contributed by atoms with Gasteiger partial charge >= 0.3 is 0 Å². The first kappa shape index (κ1) is 11.1. The first-order valence-electron chi connectivity index (χ1n) is 3.55. The van der Waals surface area contributed by atoms with E-state index in [-0.39, 0.29) is 0 Å². The summed E-state index contributed by atoms with van der Waals surface area (Å²) in [5, 5.41) is 14.8. The van der Waals surface area contributed by atoms with E-state index in [4.69, 9.17) is 20.1 Å². The molecule has 0 aromatic carbocycles. The van der Waals surface area contributed by atoms with Crippen LogP contribution < -0.4 is 0 Å². The molecule has 0 bridgehead atoms. The van der Waals surface area contributed by atoms with Gasteiger partial charge < -0.3 is 24.5 Å². The maximum Gasteiger partial charge on any atom is 0.130 e. The van der Waals surface area contributed by atoms with Crippen LogP contribution >= 0.6 is 0 Å². The van der Waals surface area contributed by atoms with Gasteiger partial charge in [-0.1, -0.05) is 0 Å². The maximum atomic E-state index is 8.25. The molecule has 0 amide bonds. The molecule has 0 spiro atoms. The van der Waals surface area contributed by atoms with Crippen molar-refractivity contribution in [3.63, 3.8) is 0 Å². The number of nitrogens with zero attached hydrogens (tertiary/aromatic N) is 2. The molecule has 1 atom stereocenters. The monoisotopic (exact) mass is 178 g/mol. The molecule has 1 fully saturated rings. The largest absolute Gasteiger partial charge is 0.367 e. The first-order valence-corrected chi connectivity index (χ1v) is 3.55. The average Bonchev–Trinajstić information content (AvgIpc) is 2.42. The Morgan fingerprint density at radius 1 is 1.50 bits per heavy atom. The minimum absolute atomic E-state index is 0.565. The molecule has 0 aliphatic carbocycles. The average molecular weight is 178 g/mol. The Bertz CT molecular complexity index is 146. The molecule has 6 nitrogen and oxygen atoms in total. The fourth-order valence-corrected chi connectivity index (χ4v) is 0.784. The molecule has 12 heavy (non-hydrogen) atoms. The zero-order valence-corrected chi connectivity index (χ0v) is 7.52. The SMILES string of the molecule is C[N+](C)(C)CC1CO1.O=[N+]([O-])[O-]. The van der Waals surface area contributed by atoms with E-state index in [9.17, 15) is 0 Å². The van der Waals surface area contributed by atoms with Crippen molar-refractivity contribution < 1.29 is 14.3 Å². The molecular formula is C6H14N2O4. The quantitative estimate of drug-likeness (QED) is 0.255. The second kappa shape index (κ2) is 4.22. The van der Waals surface area contributed by atoms with Gasteiger partial charge in [0.1, 0.15) is 12.6 Å². The van der Waals surface area contributed by atoms with Gasteiger partial charge in [-0.25, -0.2) is 0 Å². The van der Waals surface area contributed by atoms with Crippen molar-refractivity contribution in [2.24, 2.45) is 0 Å². The van der Waals surface area contributed by atoms with Gasteiger partial charge in [-0.15, -0.1) is 0 Å². The van der Waals surface area contributed by atoms with Crippen molar-refractivity contribution in [3.05, 3.63) is 15.3 Å².